The van der Waals surface area contributed by atoms with E-state index in [0.717, 1.165) is 10.6 Å². The van der Waals surface area contributed by atoms with Crippen LogP contribution in [0, 0.1) is 20.8 Å². The van der Waals surface area contributed by atoms with E-state index in [1.54, 1.807) is 26.0 Å². The minimum absolute atomic E-state index is 0.135. The van der Waals surface area contributed by atoms with Crippen LogP contribution in [0.15, 0.2) is 23.0 Å². The topological polar surface area (TPSA) is 72.7 Å². The van der Waals surface area contributed by atoms with Gasteiger partial charge in [0.15, 0.2) is 11.1 Å². The summed E-state index contributed by atoms with van der Waals surface area (Å²) in [6.07, 6.45) is -0.881. The third-order valence-corrected chi connectivity index (χ3v) is 5.73. The Balaban J connectivity index is 1.87. The van der Waals surface area contributed by atoms with Gasteiger partial charge in [0.1, 0.15) is 11.4 Å². The van der Waals surface area contributed by atoms with Crippen LogP contribution in [0.2, 0.25) is 10.0 Å². The molecule has 27 heavy (non-hydrogen) atoms. The van der Waals surface area contributed by atoms with Crippen molar-refractivity contribution in [3.63, 3.8) is 0 Å². The molecule has 0 bridgehead atoms. The summed E-state index contributed by atoms with van der Waals surface area (Å²) in [4.78, 5) is 31.4. The first-order chi connectivity index (χ1) is 12.7. The first kappa shape index (κ1) is 19.7. The minimum Gasteiger partial charge on any atom is -0.479 e. The lowest BCUT2D eigenvalue weighted by Crippen LogP contribution is -2.33. The van der Waals surface area contributed by atoms with Crippen molar-refractivity contribution >= 4 is 51.1 Å². The minimum atomic E-state index is -0.881. The summed E-state index contributed by atoms with van der Waals surface area (Å²) in [7, 11) is 0. The number of aromatic nitrogens is 2. The van der Waals surface area contributed by atoms with Crippen LogP contribution in [0.5, 0.6) is 5.75 Å². The molecule has 0 aliphatic heterocycles. The van der Waals surface area contributed by atoms with Gasteiger partial charge in [-0.3, -0.25) is 14.0 Å². The van der Waals surface area contributed by atoms with Crippen molar-refractivity contribution in [1.82, 2.24) is 9.38 Å². The predicted molar refractivity (Wildman–Crippen MR) is 109 cm³/mol. The Morgan fingerprint density at radius 1 is 1.30 bits per heavy atom. The predicted octanol–water partition coefficient (Wildman–Crippen LogP) is 4.39. The highest BCUT2D eigenvalue weighted by Crippen LogP contribution is 2.28. The van der Waals surface area contributed by atoms with Crippen molar-refractivity contribution in [2.75, 3.05) is 5.32 Å². The zero-order chi connectivity index (χ0) is 19.9. The Morgan fingerprint density at radius 3 is 2.67 bits per heavy atom. The molecule has 2 aromatic heterocycles. The standard InChI is InChI=1S/C18H17Cl2N3O3S/c1-8-15(17(25)23-9(2)11(4)27-18(23)21-8)22-16(24)10(3)26-14-6-5-12(19)7-13(14)20/h5-7,10H,1-4H3,(H,22,24). The highest BCUT2D eigenvalue weighted by Gasteiger charge is 2.21. The van der Waals surface area contributed by atoms with Crippen LogP contribution in [-0.4, -0.2) is 21.4 Å². The van der Waals surface area contributed by atoms with E-state index in [4.69, 9.17) is 27.9 Å². The van der Waals surface area contributed by atoms with E-state index in [1.807, 2.05) is 13.8 Å². The van der Waals surface area contributed by atoms with E-state index in [2.05, 4.69) is 10.3 Å². The number of benzene rings is 1. The molecular weight excluding hydrogens is 409 g/mol. The fourth-order valence-electron chi connectivity index (χ4n) is 2.52. The highest BCUT2D eigenvalue weighted by molar-refractivity contribution is 7.17. The van der Waals surface area contributed by atoms with Gasteiger partial charge in [-0.05, 0) is 45.9 Å². The molecule has 1 atom stereocenters. The number of carbonyl (C=O) groups excluding carboxylic acids is 1. The van der Waals surface area contributed by atoms with E-state index in [1.165, 1.54) is 21.8 Å². The number of anilines is 1. The van der Waals surface area contributed by atoms with Crippen molar-refractivity contribution in [1.29, 1.82) is 0 Å². The second-order valence-electron chi connectivity index (χ2n) is 6.06. The van der Waals surface area contributed by atoms with Crippen LogP contribution < -0.4 is 15.6 Å². The second kappa shape index (κ2) is 7.50. The molecule has 6 nitrogen and oxygen atoms in total. The van der Waals surface area contributed by atoms with E-state index < -0.39 is 12.0 Å². The Morgan fingerprint density at radius 2 is 2.00 bits per heavy atom. The van der Waals surface area contributed by atoms with Crippen molar-refractivity contribution in [2.24, 2.45) is 0 Å². The van der Waals surface area contributed by atoms with Crippen molar-refractivity contribution < 1.29 is 9.53 Å². The molecular formula is C18H17Cl2N3O3S. The SMILES string of the molecule is Cc1nc2sc(C)c(C)n2c(=O)c1NC(=O)C(C)Oc1ccc(Cl)cc1Cl. The number of fused-ring (bicyclic) bond motifs is 1. The number of rotatable bonds is 4. The number of halogens is 2. The molecule has 142 valence electrons. The van der Waals surface area contributed by atoms with Gasteiger partial charge >= 0.3 is 0 Å². The number of ether oxygens (including phenoxy) is 1. The maximum atomic E-state index is 12.8. The number of thiazole rings is 1. The maximum Gasteiger partial charge on any atom is 0.282 e. The van der Waals surface area contributed by atoms with Gasteiger partial charge in [-0.15, -0.1) is 11.3 Å². The first-order valence-electron chi connectivity index (χ1n) is 8.11. The fourth-order valence-corrected chi connectivity index (χ4v) is 3.98. The average Bonchev–Trinajstić information content (AvgIpc) is 2.87. The Labute approximate surface area is 169 Å². The van der Waals surface area contributed by atoms with Gasteiger partial charge in [0.25, 0.3) is 11.5 Å². The number of hydrogen-bond acceptors (Lipinski definition) is 5. The van der Waals surface area contributed by atoms with E-state index in [0.29, 0.717) is 26.4 Å². The molecule has 1 amide bonds. The van der Waals surface area contributed by atoms with E-state index >= 15 is 0 Å². The number of nitrogens with zero attached hydrogens (tertiary/aromatic N) is 2. The van der Waals surface area contributed by atoms with Crippen molar-refractivity contribution in [3.05, 3.63) is 54.9 Å². The Bertz CT molecular complexity index is 1110. The van der Waals surface area contributed by atoms with Crippen LogP contribution in [0.25, 0.3) is 4.96 Å². The van der Waals surface area contributed by atoms with Crippen LogP contribution >= 0.6 is 34.5 Å². The van der Waals surface area contributed by atoms with Crippen LogP contribution in [0.1, 0.15) is 23.2 Å². The van der Waals surface area contributed by atoms with Gasteiger partial charge in [0.2, 0.25) is 0 Å². The molecule has 9 heteroatoms. The first-order valence-corrected chi connectivity index (χ1v) is 9.68. The molecule has 1 N–H and O–H groups in total. The molecule has 0 radical (unpaired) electrons. The smallest absolute Gasteiger partial charge is 0.282 e. The van der Waals surface area contributed by atoms with Crippen molar-refractivity contribution in [2.45, 2.75) is 33.8 Å². The second-order valence-corrected chi connectivity index (χ2v) is 8.09. The zero-order valence-corrected chi connectivity index (χ0v) is 17.4. The lowest BCUT2D eigenvalue weighted by atomic mass is 10.3. The third-order valence-electron chi connectivity index (χ3n) is 4.14. The number of hydrogen-bond donors (Lipinski definition) is 1. The number of amides is 1. The molecule has 1 aromatic carbocycles. The molecule has 0 aliphatic rings. The lowest BCUT2D eigenvalue weighted by Gasteiger charge is -2.16. The monoisotopic (exact) mass is 425 g/mol. The average molecular weight is 426 g/mol. The summed E-state index contributed by atoms with van der Waals surface area (Å²) in [5.41, 5.74) is 1.08. The summed E-state index contributed by atoms with van der Waals surface area (Å²) in [5.74, 6) is -0.150. The van der Waals surface area contributed by atoms with E-state index in [9.17, 15) is 9.59 Å². The Kier molecular flexibility index (Phi) is 5.46. The number of carbonyl (C=O) groups is 1. The summed E-state index contributed by atoms with van der Waals surface area (Å²) in [6, 6.07) is 4.72. The fraction of sp³-hybridized carbons (Fsp3) is 0.278. The lowest BCUT2D eigenvalue weighted by molar-refractivity contribution is -0.122. The number of nitrogens with one attached hydrogen (secondary N) is 1. The molecule has 0 fully saturated rings. The molecule has 3 aromatic rings. The molecule has 0 spiro atoms. The summed E-state index contributed by atoms with van der Waals surface area (Å²) in [5, 5.41) is 3.40. The molecule has 1 unspecified atom stereocenters. The van der Waals surface area contributed by atoms with Gasteiger partial charge in [-0.25, -0.2) is 4.98 Å². The Hall–Kier alpha value is -2.09. The van der Waals surface area contributed by atoms with Gasteiger partial charge in [-0.2, -0.15) is 0 Å². The quantitative estimate of drug-likeness (QED) is 0.672. The third kappa shape index (κ3) is 3.81. The highest BCUT2D eigenvalue weighted by atomic mass is 35.5. The van der Waals surface area contributed by atoms with Gasteiger partial charge in [0.05, 0.1) is 10.7 Å². The molecule has 3 rings (SSSR count). The van der Waals surface area contributed by atoms with E-state index in [-0.39, 0.29) is 11.2 Å². The molecule has 0 aliphatic carbocycles. The van der Waals surface area contributed by atoms with Gasteiger partial charge < -0.3 is 10.1 Å². The number of aryl methyl sites for hydroxylation is 3. The summed E-state index contributed by atoms with van der Waals surface area (Å²) >= 11 is 13.4. The van der Waals surface area contributed by atoms with Crippen molar-refractivity contribution in [3.8, 4) is 5.75 Å². The molecule has 0 saturated carbocycles. The van der Waals surface area contributed by atoms with Gasteiger partial charge in [-0.1, -0.05) is 23.2 Å². The summed E-state index contributed by atoms with van der Waals surface area (Å²) in [6.45, 7) is 7.02. The molecule has 0 saturated heterocycles. The van der Waals surface area contributed by atoms with Gasteiger partial charge in [0, 0.05) is 15.6 Å². The summed E-state index contributed by atoms with van der Waals surface area (Å²) < 4.78 is 7.10. The maximum absolute atomic E-state index is 12.8. The zero-order valence-electron chi connectivity index (χ0n) is 15.1. The normalized spacial score (nSPS) is 12.2. The molecule has 2 heterocycles. The van der Waals surface area contributed by atoms with Crippen LogP contribution in [-0.2, 0) is 4.79 Å². The van der Waals surface area contributed by atoms with Crippen LogP contribution in [0.4, 0.5) is 5.69 Å². The largest absolute Gasteiger partial charge is 0.479 e. The van der Waals surface area contributed by atoms with Crippen LogP contribution in [0.3, 0.4) is 0 Å².